The Labute approximate surface area is 111 Å². The lowest BCUT2D eigenvalue weighted by molar-refractivity contribution is -0.135. The summed E-state index contributed by atoms with van der Waals surface area (Å²) in [5.74, 6) is -0.806. The molecule has 1 unspecified atom stereocenters. The fourth-order valence-electron chi connectivity index (χ4n) is 2.08. The van der Waals surface area contributed by atoms with Crippen LogP contribution in [0, 0.1) is 0 Å². The first-order valence-corrected chi connectivity index (χ1v) is 6.42. The quantitative estimate of drug-likeness (QED) is 0.577. The predicted molar refractivity (Wildman–Crippen MR) is 66.1 cm³/mol. The Morgan fingerprint density at radius 1 is 1.47 bits per heavy atom. The molecule has 1 aliphatic heterocycles. The zero-order chi connectivity index (χ0) is 14.3. The molecule has 4 amide bonds. The number of hydrogen-bond acceptors (Lipinski definition) is 4. The fourth-order valence-corrected chi connectivity index (χ4v) is 2.08. The van der Waals surface area contributed by atoms with Gasteiger partial charge in [0.1, 0.15) is 12.1 Å². The zero-order valence-corrected chi connectivity index (χ0v) is 11.2. The van der Waals surface area contributed by atoms with Gasteiger partial charge in [-0.1, -0.05) is 6.92 Å². The Morgan fingerprint density at radius 2 is 2.11 bits per heavy atom. The molecule has 1 aliphatic carbocycles. The molecule has 106 valence electrons. The first-order chi connectivity index (χ1) is 8.86. The van der Waals surface area contributed by atoms with Gasteiger partial charge in [0.05, 0.1) is 12.1 Å². The number of carbonyl (C=O) groups excluding carboxylic acids is 3. The van der Waals surface area contributed by atoms with Gasteiger partial charge >= 0.3 is 6.03 Å². The van der Waals surface area contributed by atoms with E-state index in [9.17, 15) is 14.4 Å². The molecule has 1 saturated carbocycles. The van der Waals surface area contributed by atoms with Crippen LogP contribution in [0.25, 0.3) is 0 Å². The summed E-state index contributed by atoms with van der Waals surface area (Å²) in [6.07, 6.45) is 1.92. The number of urea groups is 1. The molecule has 0 radical (unpaired) electrons. The first-order valence-electron chi connectivity index (χ1n) is 6.42. The van der Waals surface area contributed by atoms with Crippen molar-refractivity contribution >= 4 is 17.8 Å². The molecule has 0 spiro atoms. The van der Waals surface area contributed by atoms with Gasteiger partial charge in [-0.3, -0.25) is 14.5 Å². The molecular weight excluding hydrogens is 250 g/mol. The molecule has 7 heteroatoms. The number of nitrogens with zero attached hydrogens (tertiary/aromatic N) is 1. The van der Waals surface area contributed by atoms with Crippen molar-refractivity contribution in [2.75, 3.05) is 13.2 Å². The maximum absolute atomic E-state index is 12.1. The normalized spacial score (nSPS) is 28.3. The molecule has 0 bridgehead atoms. The van der Waals surface area contributed by atoms with Crippen molar-refractivity contribution in [1.82, 2.24) is 15.5 Å². The van der Waals surface area contributed by atoms with Gasteiger partial charge in [0, 0.05) is 0 Å². The lowest BCUT2D eigenvalue weighted by Crippen LogP contribution is -2.47. The van der Waals surface area contributed by atoms with E-state index in [1.807, 2.05) is 0 Å². The van der Waals surface area contributed by atoms with E-state index < -0.39 is 23.0 Å². The highest BCUT2D eigenvalue weighted by molar-refractivity contribution is 6.08. The Balaban J connectivity index is 1.98. The van der Waals surface area contributed by atoms with Gasteiger partial charge < -0.3 is 15.7 Å². The van der Waals surface area contributed by atoms with Crippen LogP contribution >= 0.6 is 0 Å². The van der Waals surface area contributed by atoms with Crippen LogP contribution in [0.4, 0.5) is 4.79 Å². The average molecular weight is 269 g/mol. The molecule has 19 heavy (non-hydrogen) atoms. The molecular formula is C12H19N3O4. The number of nitrogens with one attached hydrogen (secondary N) is 2. The van der Waals surface area contributed by atoms with Crippen LogP contribution in [0.5, 0.6) is 0 Å². The SMILES string of the molecule is CCC1(C)NC(=O)N(CC(=O)NC2(CO)CC2)C1=O. The van der Waals surface area contributed by atoms with E-state index in [0.29, 0.717) is 6.42 Å². The molecule has 0 aromatic heterocycles. The van der Waals surface area contributed by atoms with Crippen molar-refractivity contribution in [3.63, 3.8) is 0 Å². The molecule has 1 atom stereocenters. The summed E-state index contributed by atoms with van der Waals surface area (Å²) < 4.78 is 0. The second kappa shape index (κ2) is 4.48. The summed E-state index contributed by atoms with van der Waals surface area (Å²) in [6.45, 7) is 3.02. The van der Waals surface area contributed by atoms with E-state index in [-0.39, 0.29) is 19.1 Å². The van der Waals surface area contributed by atoms with Crippen molar-refractivity contribution in [3.8, 4) is 0 Å². The maximum Gasteiger partial charge on any atom is 0.325 e. The third-order valence-electron chi connectivity index (χ3n) is 3.91. The maximum atomic E-state index is 12.1. The Kier molecular flexibility index (Phi) is 3.25. The van der Waals surface area contributed by atoms with Gasteiger partial charge in [-0.05, 0) is 26.2 Å². The van der Waals surface area contributed by atoms with Gasteiger partial charge in [-0.15, -0.1) is 0 Å². The second-order valence-corrected chi connectivity index (χ2v) is 5.49. The minimum atomic E-state index is -0.925. The third kappa shape index (κ3) is 2.42. The molecule has 0 aromatic rings. The minimum absolute atomic E-state index is 0.119. The van der Waals surface area contributed by atoms with Gasteiger partial charge in [-0.2, -0.15) is 0 Å². The van der Waals surface area contributed by atoms with Crippen LogP contribution < -0.4 is 10.6 Å². The highest BCUT2D eigenvalue weighted by atomic mass is 16.3. The summed E-state index contributed by atoms with van der Waals surface area (Å²) in [5.41, 5.74) is -1.46. The highest BCUT2D eigenvalue weighted by Gasteiger charge is 2.48. The Bertz CT molecular complexity index is 433. The molecule has 1 heterocycles. The van der Waals surface area contributed by atoms with E-state index in [4.69, 9.17) is 5.11 Å². The summed E-state index contributed by atoms with van der Waals surface area (Å²) in [7, 11) is 0. The number of aliphatic hydroxyl groups is 1. The number of carbonyl (C=O) groups is 3. The van der Waals surface area contributed by atoms with Gasteiger partial charge in [0.25, 0.3) is 5.91 Å². The number of amides is 4. The molecule has 2 rings (SSSR count). The number of hydrogen-bond donors (Lipinski definition) is 3. The van der Waals surface area contributed by atoms with Gasteiger partial charge in [-0.25, -0.2) is 4.79 Å². The second-order valence-electron chi connectivity index (χ2n) is 5.49. The van der Waals surface area contributed by atoms with Crippen molar-refractivity contribution < 1.29 is 19.5 Å². The minimum Gasteiger partial charge on any atom is -0.394 e. The van der Waals surface area contributed by atoms with Crippen LogP contribution in [0.2, 0.25) is 0 Å². The lowest BCUT2D eigenvalue weighted by Gasteiger charge is -2.20. The standard InChI is InChI=1S/C12H19N3O4/c1-3-11(2)9(18)15(10(19)14-11)6-8(17)13-12(7-16)4-5-12/h16H,3-7H2,1-2H3,(H,13,17)(H,14,19). The summed E-state index contributed by atoms with van der Waals surface area (Å²) in [5, 5.41) is 14.4. The van der Waals surface area contributed by atoms with Crippen LogP contribution in [0.3, 0.4) is 0 Å². The first kappa shape index (κ1) is 13.8. The number of rotatable bonds is 5. The van der Waals surface area contributed by atoms with E-state index in [2.05, 4.69) is 10.6 Å². The van der Waals surface area contributed by atoms with Gasteiger partial charge in [0.15, 0.2) is 0 Å². The van der Waals surface area contributed by atoms with Gasteiger partial charge in [0.2, 0.25) is 5.91 Å². The molecule has 3 N–H and O–H groups in total. The van der Waals surface area contributed by atoms with Crippen LogP contribution in [-0.4, -0.2) is 52.1 Å². The van der Waals surface area contributed by atoms with Crippen LogP contribution in [-0.2, 0) is 9.59 Å². The molecule has 0 aromatic carbocycles. The molecule has 1 saturated heterocycles. The molecule has 2 fully saturated rings. The monoisotopic (exact) mass is 269 g/mol. The number of imide groups is 1. The largest absolute Gasteiger partial charge is 0.394 e. The lowest BCUT2D eigenvalue weighted by atomic mass is 9.99. The van der Waals surface area contributed by atoms with Crippen molar-refractivity contribution in [2.24, 2.45) is 0 Å². The molecule has 2 aliphatic rings. The smallest absolute Gasteiger partial charge is 0.325 e. The van der Waals surface area contributed by atoms with E-state index in [0.717, 1.165) is 17.7 Å². The zero-order valence-electron chi connectivity index (χ0n) is 11.2. The van der Waals surface area contributed by atoms with Crippen LogP contribution in [0.15, 0.2) is 0 Å². The highest BCUT2D eigenvalue weighted by Crippen LogP contribution is 2.34. The van der Waals surface area contributed by atoms with Crippen molar-refractivity contribution in [1.29, 1.82) is 0 Å². The third-order valence-corrected chi connectivity index (χ3v) is 3.91. The van der Waals surface area contributed by atoms with E-state index >= 15 is 0 Å². The van der Waals surface area contributed by atoms with Crippen molar-refractivity contribution in [2.45, 2.75) is 44.2 Å². The van der Waals surface area contributed by atoms with Crippen molar-refractivity contribution in [3.05, 3.63) is 0 Å². The van der Waals surface area contributed by atoms with E-state index in [1.54, 1.807) is 13.8 Å². The number of aliphatic hydroxyl groups excluding tert-OH is 1. The Hall–Kier alpha value is -1.63. The average Bonchev–Trinajstić information content (AvgIpc) is 3.10. The van der Waals surface area contributed by atoms with E-state index in [1.165, 1.54) is 0 Å². The predicted octanol–water partition coefficient (Wildman–Crippen LogP) is -0.652. The summed E-state index contributed by atoms with van der Waals surface area (Å²) in [6, 6.07) is -0.543. The summed E-state index contributed by atoms with van der Waals surface area (Å²) in [4.78, 5) is 36.5. The van der Waals surface area contributed by atoms with Crippen LogP contribution in [0.1, 0.15) is 33.1 Å². The fraction of sp³-hybridized carbons (Fsp3) is 0.750. The Morgan fingerprint density at radius 3 is 2.53 bits per heavy atom. The summed E-state index contributed by atoms with van der Waals surface area (Å²) >= 11 is 0. The topological polar surface area (TPSA) is 98.7 Å². The molecule has 7 nitrogen and oxygen atoms in total.